The van der Waals surface area contributed by atoms with Crippen LogP contribution in [0.1, 0.15) is 39.5 Å². The lowest BCUT2D eigenvalue weighted by molar-refractivity contribution is 0.801. The third-order valence-corrected chi connectivity index (χ3v) is 7.38. The first kappa shape index (κ1) is 14.2. The van der Waals surface area contributed by atoms with Gasteiger partial charge in [-0.3, -0.25) is 0 Å². The van der Waals surface area contributed by atoms with Gasteiger partial charge in [-0.2, -0.15) is 0 Å². The van der Waals surface area contributed by atoms with Gasteiger partial charge in [-0.25, -0.2) is 0 Å². The number of benzene rings is 1. The largest absolute Gasteiger partial charge is 0.107 e. The van der Waals surface area contributed by atoms with Crippen LogP contribution in [0.25, 0.3) is 0 Å². The van der Waals surface area contributed by atoms with E-state index < -0.39 is 8.07 Å². The van der Waals surface area contributed by atoms with Gasteiger partial charge in [-0.15, -0.1) is 0 Å². The Hall–Kier alpha value is -0.823. The normalized spacial score (nSPS) is 12.8. The van der Waals surface area contributed by atoms with Crippen LogP contribution in [-0.4, -0.2) is 8.07 Å². The van der Waals surface area contributed by atoms with E-state index in [4.69, 9.17) is 0 Å². The Morgan fingerprint density at radius 3 is 2.29 bits per heavy atom. The van der Waals surface area contributed by atoms with E-state index in [2.05, 4.69) is 63.3 Å². The van der Waals surface area contributed by atoms with Gasteiger partial charge < -0.3 is 0 Å². The summed E-state index contributed by atoms with van der Waals surface area (Å²) in [7, 11) is -1.41. The summed E-state index contributed by atoms with van der Waals surface area (Å²) in [6.07, 6.45) is 7.56. The van der Waals surface area contributed by atoms with Crippen molar-refractivity contribution in [3.8, 4) is 0 Å². The van der Waals surface area contributed by atoms with Crippen LogP contribution < -0.4 is 5.19 Å². The lowest BCUT2D eigenvalue weighted by atomic mass is 10.2. The quantitative estimate of drug-likeness (QED) is 0.640. The van der Waals surface area contributed by atoms with E-state index in [1.165, 1.54) is 25.7 Å². The highest BCUT2D eigenvalue weighted by molar-refractivity contribution is 6.95. The van der Waals surface area contributed by atoms with E-state index in [1.807, 2.05) is 0 Å². The van der Waals surface area contributed by atoms with Crippen molar-refractivity contribution >= 4 is 13.3 Å². The molecule has 0 aliphatic heterocycles. The molecular weight excluding hydrogens is 220 g/mol. The van der Waals surface area contributed by atoms with Gasteiger partial charge in [-0.05, 0) is 12.8 Å². The molecule has 1 aromatic rings. The highest BCUT2D eigenvalue weighted by Gasteiger charge is 2.26. The number of hydrogen-bond acceptors (Lipinski definition) is 0. The van der Waals surface area contributed by atoms with Crippen LogP contribution in [0.15, 0.2) is 41.6 Å². The van der Waals surface area contributed by atoms with E-state index in [-0.39, 0.29) is 0 Å². The Kier molecular flexibility index (Phi) is 5.70. The van der Waals surface area contributed by atoms with E-state index in [0.717, 1.165) is 0 Å². The third kappa shape index (κ3) is 3.85. The van der Waals surface area contributed by atoms with Crippen LogP contribution in [-0.2, 0) is 0 Å². The van der Waals surface area contributed by atoms with Gasteiger partial charge in [-0.1, -0.05) is 86.6 Å². The minimum atomic E-state index is -1.41. The summed E-state index contributed by atoms with van der Waals surface area (Å²) >= 11 is 0. The van der Waals surface area contributed by atoms with E-state index in [9.17, 15) is 0 Å². The molecular formula is C16H26Si. The molecule has 0 nitrogen and oxygen atoms in total. The van der Waals surface area contributed by atoms with Crippen LogP contribution in [0.2, 0.25) is 13.1 Å². The molecule has 0 saturated heterocycles. The first-order valence-electron chi connectivity index (χ1n) is 6.88. The van der Waals surface area contributed by atoms with Gasteiger partial charge in [0, 0.05) is 0 Å². The minimum Gasteiger partial charge on any atom is -0.0891 e. The van der Waals surface area contributed by atoms with E-state index in [1.54, 1.807) is 10.4 Å². The molecule has 94 valence electrons. The minimum absolute atomic E-state index is 1.17. The maximum atomic E-state index is 2.49. The molecule has 17 heavy (non-hydrogen) atoms. The zero-order valence-corrected chi connectivity index (χ0v) is 12.8. The predicted octanol–water partition coefficient (Wildman–Crippen LogP) is 4.67. The van der Waals surface area contributed by atoms with Crippen LogP contribution in [0.5, 0.6) is 0 Å². The predicted molar refractivity (Wildman–Crippen MR) is 81.5 cm³/mol. The summed E-state index contributed by atoms with van der Waals surface area (Å²) < 4.78 is 0. The lowest BCUT2D eigenvalue weighted by Gasteiger charge is -2.27. The first-order chi connectivity index (χ1) is 8.12. The lowest BCUT2D eigenvalue weighted by Crippen LogP contribution is -2.43. The van der Waals surface area contributed by atoms with Crippen molar-refractivity contribution in [2.75, 3.05) is 0 Å². The van der Waals surface area contributed by atoms with E-state index >= 15 is 0 Å². The Morgan fingerprint density at radius 2 is 1.76 bits per heavy atom. The standard InChI is InChI=1S/C16H26Si/c1-5-7-12-15(11-6-2)17(3,4)16-13-9-8-10-14-16/h8-11,13-14H,5-7,12H2,1-4H3/b15-11+. The topological polar surface area (TPSA) is 0 Å². The fraction of sp³-hybridized carbons (Fsp3) is 0.500. The second-order valence-corrected chi connectivity index (χ2v) is 9.70. The third-order valence-electron chi connectivity index (χ3n) is 3.55. The SMILES string of the molecule is CC/C=C(\CCCC)[Si](C)(C)c1ccccc1. The van der Waals surface area contributed by atoms with Crippen molar-refractivity contribution in [2.45, 2.75) is 52.6 Å². The summed E-state index contributed by atoms with van der Waals surface area (Å²) in [6.45, 7) is 9.50. The van der Waals surface area contributed by atoms with Gasteiger partial charge in [0.15, 0.2) is 0 Å². The maximum absolute atomic E-state index is 2.49. The van der Waals surface area contributed by atoms with Gasteiger partial charge in [0.2, 0.25) is 0 Å². The molecule has 0 fully saturated rings. The fourth-order valence-electron chi connectivity index (χ4n) is 2.32. The molecule has 0 amide bonds. The number of unbranched alkanes of at least 4 members (excludes halogenated alkanes) is 1. The molecule has 0 atom stereocenters. The molecule has 0 aliphatic rings. The molecule has 0 unspecified atom stereocenters. The van der Waals surface area contributed by atoms with E-state index in [0.29, 0.717) is 0 Å². The molecule has 0 spiro atoms. The molecule has 1 aromatic carbocycles. The van der Waals surface area contributed by atoms with Crippen LogP contribution in [0.3, 0.4) is 0 Å². The number of rotatable bonds is 6. The Bertz CT molecular complexity index is 349. The summed E-state index contributed by atoms with van der Waals surface area (Å²) in [5.74, 6) is 0. The zero-order chi connectivity index (χ0) is 12.7. The highest BCUT2D eigenvalue weighted by Crippen LogP contribution is 2.21. The second kappa shape index (κ2) is 6.80. The molecule has 0 aromatic heterocycles. The molecule has 0 saturated carbocycles. The monoisotopic (exact) mass is 246 g/mol. The summed E-state index contributed by atoms with van der Waals surface area (Å²) in [5.41, 5.74) is 0. The molecule has 0 N–H and O–H groups in total. The van der Waals surface area contributed by atoms with Crippen molar-refractivity contribution in [1.82, 2.24) is 0 Å². The summed E-state index contributed by atoms with van der Waals surface area (Å²) in [4.78, 5) is 0. The molecule has 1 heteroatoms. The first-order valence-corrected chi connectivity index (χ1v) is 9.88. The molecule has 1 rings (SSSR count). The highest BCUT2D eigenvalue weighted by atomic mass is 28.3. The van der Waals surface area contributed by atoms with Crippen molar-refractivity contribution < 1.29 is 0 Å². The van der Waals surface area contributed by atoms with Gasteiger partial charge in [0.1, 0.15) is 8.07 Å². The Labute approximate surface area is 108 Å². The fourth-order valence-corrected chi connectivity index (χ4v) is 5.24. The molecule has 0 radical (unpaired) electrons. The summed E-state index contributed by atoms with van der Waals surface area (Å²) in [6, 6.07) is 11.1. The maximum Gasteiger partial charge on any atom is 0.107 e. The zero-order valence-electron chi connectivity index (χ0n) is 11.8. The second-order valence-electron chi connectivity index (χ2n) is 5.23. The van der Waals surface area contributed by atoms with Crippen LogP contribution >= 0.6 is 0 Å². The number of allylic oxidation sites excluding steroid dienone is 2. The average Bonchev–Trinajstić information content (AvgIpc) is 2.35. The van der Waals surface area contributed by atoms with Gasteiger partial charge in [0.25, 0.3) is 0 Å². The van der Waals surface area contributed by atoms with Gasteiger partial charge in [0.05, 0.1) is 0 Å². The molecule has 0 heterocycles. The Balaban J connectivity index is 2.96. The van der Waals surface area contributed by atoms with Crippen LogP contribution in [0, 0.1) is 0 Å². The van der Waals surface area contributed by atoms with Crippen molar-refractivity contribution in [3.63, 3.8) is 0 Å². The molecule has 0 aliphatic carbocycles. The van der Waals surface area contributed by atoms with Gasteiger partial charge >= 0.3 is 0 Å². The average molecular weight is 246 g/mol. The van der Waals surface area contributed by atoms with Crippen molar-refractivity contribution in [3.05, 3.63) is 41.6 Å². The van der Waals surface area contributed by atoms with Crippen molar-refractivity contribution in [2.24, 2.45) is 0 Å². The Morgan fingerprint density at radius 1 is 1.12 bits per heavy atom. The summed E-state index contributed by atoms with van der Waals surface area (Å²) in [5, 5.41) is 3.30. The van der Waals surface area contributed by atoms with Crippen LogP contribution in [0.4, 0.5) is 0 Å². The van der Waals surface area contributed by atoms with Crippen molar-refractivity contribution in [1.29, 1.82) is 0 Å². The number of hydrogen-bond donors (Lipinski definition) is 0. The smallest absolute Gasteiger partial charge is 0.0891 e. The molecule has 0 bridgehead atoms.